The second-order valence-corrected chi connectivity index (χ2v) is 8.53. The topological polar surface area (TPSA) is 58.2 Å². The minimum absolute atomic E-state index is 0.0311. The number of sulfone groups is 1. The maximum atomic E-state index is 11.5. The van der Waals surface area contributed by atoms with Gasteiger partial charge in [-0.15, -0.1) is 11.6 Å². The Morgan fingerprint density at radius 2 is 1.78 bits per heavy atom. The molecule has 1 saturated heterocycles. The molecule has 1 saturated carbocycles. The average Bonchev–Trinajstić information content (AvgIpc) is 2.32. The van der Waals surface area contributed by atoms with E-state index in [1.165, 1.54) is 6.26 Å². The molecule has 6 heteroatoms. The van der Waals surface area contributed by atoms with Crippen molar-refractivity contribution >= 4 is 21.4 Å². The summed E-state index contributed by atoms with van der Waals surface area (Å²) < 4.78 is 23.0. The van der Waals surface area contributed by atoms with E-state index in [-0.39, 0.29) is 16.8 Å². The van der Waals surface area contributed by atoms with E-state index in [1.807, 2.05) is 0 Å². The van der Waals surface area contributed by atoms with Crippen molar-refractivity contribution in [1.82, 2.24) is 10.6 Å². The van der Waals surface area contributed by atoms with Crippen molar-refractivity contribution in [2.45, 2.75) is 55.4 Å². The summed E-state index contributed by atoms with van der Waals surface area (Å²) in [5, 5.41) is 6.72. The molecule has 1 heterocycles. The van der Waals surface area contributed by atoms with Gasteiger partial charge in [0.1, 0.15) is 9.84 Å². The van der Waals surface area contributed by atoms with Crippen LogP contribution in [0.2, 0.25) is 0 Å². The van der Waals surface area contributed by atoms with E-state index in [9.17, 15) is 8.42 Å². The van der Waals surface area contributed by atoms with Gasteiger partial charge in [0.05, 0.1) is 10.8 Å². The van der Waals surface area contributed by atoms with Crippen molar-refractivity contribution in [3.63, 3.8) is 0 Å². The first-order chi connectivity index (χ1) is 8.38. The first kappa shape index (κ1) is 14.6. The molecule has 1 aliphatic carbocycles. The van der Waals surface area contributed by atoms with Gasteiger partial charge < -0.3 is 5.32 Å². The number of rotatable bonds is 2. The monoisotopic (exact) mass is 294 g/mol. The normalized spacial score (nSPS) is 42.7. The van der Waals surface area contributed by atoms with Crippen LogP contribution in [0.15, 0.2) is 0 Å². The standard InChI is InChI=1S/C12H23ClN2O2S/c1-8-12(13)15-11(7-14-8)9-3-5-10(6-4-9)18(2,16)17/h8-12,14-15H,3-7H2,1-2H3. The molecule has 4 nitrogen and oxygen atoms in total. The molecule has 0 radical (unpaired) electrons. The van der Waals surface area contributed by atoms with Crippen molar-refractivity contribution in [3.05, 3.63) is 0 Å². The summed E-state index contributed by atoms with van der Waals surface area (Å²) in [4.78, 5) is 0. The fourth-order valence-corrected chi connectivity index (χ4v) is 4.43. The highest BCUT2D eigenvalue weighted by Crippen LogP contribution is 2.31. The van der Waals surface area contributed by atoms with Gasteiger partial charge in [-0.2, -0.15) is 0 Å². The van der Waals surface area contributed by atoms with Crippen LogP contribution in [-0.2, 0) is 9.84 Å². The van der Waals surface area contributed by atoms with Gasteiger partial charge in [-0.25, -0.2) is 8.42 Å². The van der Waals surface area contributed by atoms with Crippen LogP contribution in [-0.4, -0.2) is 44.1 Å². The lowest BCUT2D eigenvalue weighted by Crippen LogP contribution is -2.60. The quantitative estimate of drug-likeness (QED) is 0.592. The first-order valence-electron chi connectivity index (χ1n) is 6.70. The molecule has 2 aliphatic rings. The van der Waals surface area contributed by atoms with E-state index in [4.69, 9.17) is 11.6 Å². The Kier molecular flexibility index (Phi) is 4.57. The maximum absolute atomic E-state index is 11.5. The highest BCUT2D eigenvalue weighted by Gasteiger charge is 2.34. The zero-order chi connectivity index (χ0) is 13.3. The molecule has 0 aromatic heterocycles. The third kappa shape index (κ3) is 3.38. The smallest absolute Gasteiger partial charge is 0.150 e. The van der Waals surface area contributed by atoms with Crippen molar-refractivity contribution in [1.29, 1.82) is 0 Å². The zero-order valence-corrected chi connectivity index (χ0v) is 12.6. The van der Waals surface area contributed by atoms with Crippen LogP contribution in [0.5, 0.6) is 0 Å². The Labute approximate surface area is 115 Å². The zero-order valence-electron chi connectivity index (χ0n) is 11.0. The van der Waals surface area contributed by atoms with Crippen LogP contribution in [0.1, 0.15) is 32.6 Å². The summed E-state index contributed by atoms with van der Waals surface area (Å²) in [5.74, 6) is 0.546. The van der Waals surface area contributed by atoms with Crippen LogP contribution in [0, 0.1) is 5.92 Å². The van der Waals surface area contributed by atoms with Crippen molar-refractivity contribution in [3.8, 4) is 0 Å². The summed E-state index contributed by atoms with van der Waals surface area (Å²) >= 11 is 6.21. The van der Waals surface area contributed by atoms with E-state index < -0.39 is 9.84 Å². The molecular formula is C12H23ClN2O2S. The molecule has 0 aromatic carbocycles. The summed E-state index contributed by atoms with van der Waals surface area (Å²) in [5.41, 5.74) is -0.0311. The highest BCUT2D eigenvalue weighted by atomic mass is 35.5. The van der Waals surface area contributed by atoms with Crippen molar-refractivity contribution < 1.29 is 8.42 Å². The van der Waals surface area contributed by atoms with E-state index in [0.717, 1.165) is 32.2 Å². The van der Waals surface area contributed by atoms with E-state index >= 15 is 0 Å². The van der Waals surface area contributed by atoms with Gasteiger partial charge in [0.25, 0.3) is 0 Å². The van der Waals surface area contributed by atoms with Gasteiger partial charge in [-0.1, -0.05) is 0 Å². The number of halogens is 1. The third-order valence-electron chi connectivity index (χ3n) is 4.37. The predicted molar refractivity (Wildman–Crippen MR) is 74.6 cm³/mol. The second-order valence-electron chi connectivity index (χ2n) is 5.74. The first-order valence-corrected chi connectivity index (χ1v) is 9.09. The number of nitrogens with one attached hydrogen (secondary N) is 2. The highest BCUT2D eigenvalue weighted by molar-refractivity contribution is 7.91. The number of piperazine rings is 1. The Morgan fingerprint density at radius 3 is 2.28 bits per heavy atom. The van der Waals surface area contributed by atoms with Crippen LogP contribution < -0.4 is 10.6 Å². The predicted octanol–water partition coefficient (Wildman–Crippen LogP) is 1.10. The van der Waals surface area contributed by atoms with Crippen LogP contribution in [0.3, 0.4) is 0 Å². The lowest BCUT2D eigenvalue weighted by atomic mass is 9.83. The largest absolute Gasteiger partial charge is 0.310 e. The van der Waals surface area contributed by atoms with Crippen LogP contribution >= 0.6 is 11.6 Å². The molecular weight excluding hydrogens is 272 g/mol. The molecule has 2 fully saturated rings. The third-order valence-corrected chi connectivity index (χ3v) is 6.55. The summed E-state index contributed by atoms with van der Waals surface area (Å²) in [6.07, 6.45) is 4.91. The summed E-state index contributed by atoms with van der Waals surface area (Å²) in [6, 6.07) is 0.666. The van der Waals surface area contributed by atoms with Crippen molar-refractivity contribution in [2.75, 3.05) is 12.8 Å². The second kappa shape index (κ2) is 5.65. The van der Waals surface area contributed by atoms with E-state index in [0.29, 0.717) is 12.0 Å². The fourth-order valence-electron chi connectivity index (χ4n) is 3.05. The fraction of sp³-hybridized carbons (Fsp3) is 1.00. The molecule has 2 N–H and O–H groups in total. The van der Waals surface area contributed by atoms with Crippen LogP contribution in [0.4, 0.5) is 0 Å². The number of hydrogen-bond acceptors (Lipinski definition) is 4. The Balaban J connectivity index is 1.87. The van der Waals surface area contributed by atoms with Gasteiger partial charge in [0.2, 0.25) is 0 Å². The molecule has 106 valence electrons. The molecule has 0 amide bonds. The molecule has 0 spiro atoms. The summed E-state index contributed by atoms with van der Waals surface area (Å²) in [7, 11) is -2.86. The summed E-state index contributed by atoms with van der Waals surface area (Å²) in [6.45, 7) is 3.00. The van der Waals surface area contributed by atoms with Gasteiger partial charge in [-0.05, 0) is 38.5 Å². The Bertz CT molecular complexity index is 380. The molecule has 0 aromatic rings. The van der Waals surface area contributed by atoms with E-state index in [2.05, 4.69) is 17.6 Å². The molecule has 0 bridgehead atoms. The molecule has 1 aliphatic heterocycles. The maximum Gasteiger partial charge on any atom is 0.150 e. The minimum atomic E-state index is -2.86. The van der Waals surface area contributed by atoms with Gasteiger partial charge in [-0.3, -0.25) is 5.32 Å². The molecule has 18 heavy (non-hydrogen) atoms. The average molecular weight is 295 g/mol. The minimum Gasteiger partial charge on any atom is -0.310 e. The van der Waals surface area contributed by atoms with Gasteiger partial charge >= 0.3 is 0 Å². The molecule has 2 rings (SSSR count). The lowest BCUT2D eigenvalue weighted by Gasteiger charge is -2.40. The number of hydrogen-bond donors (Lipinski definition) is 2. The Hall–Kier alpha value is 0.160. The van der Waals surface area contributed by atoms with Crippen molar-refractivity contribution in [2.24, 2.45) is 5.92 Å². The number of alkyl halides is 1. The Morgan fingerprint density at radius 1 is 1.17 bits per heavy atom. The van der Waals surface area contributed by atoms with Gasteiger partial charge in [0.15, 0.2) is 0 Å². The van der Waals surface area contributed by atoms with E-state index in [1.54, 1.807) is 0 Å². The van der Waals surface area contributed by atoms with Crippen LogP contribution in [0.25, 0.3) is 0 Å². The lowest BCUT2D eigenvalue weighted by molar-refractivity contribution is 0.218. The van der Waals surface area contributed by atoms with Gasteiger partial charge in [0, 0.05) is 24.9 Å². The SMILES string of the molecule is CC1NCC(C2CCC(S(C)(=O)=O)CC2)NC1Cl. The molecule has 3 atom stereocenters. The molecule has 3 unspecified atom stereocenters.